The number of aryl methyl sites for hydroxylation is 1. The van der Waals surface area contributed by atoms with Gasteiger partial charge < -0.3 is 24.2 Å². The van der Waals surface area contributed by atoms with Gasteiger partial charge in [0.15, 0.2) is 0 Å². The zero-order valence-electron chi connectivity index (χ0n) is 48.9. The number of hydrogen-bond donors (Lipinski definition) is 0. The van der Waals surface area contributed by atoms with Gasteiger partial charge in [0.25, 0.3) is 0 Å². The summed E-state index contributed by atoms with van der Waals surface area (Å²) in [5.41, 5.74) is 5.59. The Morgan fingerprint density at radius 2 is 1.21 bits per heavy atom. The van der Waals surface area contributed by atoms with E-state index in [1.54, 1.807) is 7.11 Å². The molecule has 0 atom stereocenters. The lowest BCUT2D eigenvalue weighted by Gasteiger charge is -2.30. The van der Waals surface area contributed by atoms with E-state index in [1.807, 2.05) is 42.4 Å². The third kappa shape index (κ3) is 38.9. The standard InChI is InChI=1S/C15H23NO.C12H19N.C11H23N.C9H13NS.C8H17N.C7H16O/c1-11(2)9-16-6-5-13-8-15(17-4)12(3)7-14(13)10-16;1-11(2)9-13(3)10-12-7-5-4-6-8-12;1-11(2)10-12-8-6-4-3-5-7-9-12;1-8(2)7-11-9-3-5-10-6-4-9;1-5-6-9(4)7-8(2)3;1-6(2)5-8-7(3)4/h7-8,11H,5-6,9-10H2,1-4H3;4-8,11H,9-10H2,1-3H3;11H,3-10H2,1-2H3;3-6,8H,7H2,1-2H3;5,8H,1,6-7H2,2-4H3;6-7H,5H2,1-4H3. The molecule has 402 valence electrons. The Morgan fingerprint density at radius 3 is 1.70 bits per heavy atom. The van der Waals surface area contributed by atoms with Crippen LogP contribution >= 0.6 is 11.8 Å². The Labute approximate surface area is 439 Å². The predicted molar refractivity (Wildman–Crippen MR) is 312 cm³/mol. The smallest absolute Gasteiger partial charge is 0.122 e. The molecule has 3 aromatic rings. The van der Waals surface area contributed by atoms with Crippen LogP contribution in [0.1, 0.15) is 151 Å². The van der Waals surface area contributed by atoms with Crippen LogP contribution in [0.3, 0.4) is 0 Å². The highest BCUT2D eigenvalue weighted by Gasteiger charge is 2.18. The minimum Gasteiger partial charge on any atom is -0.496 e. The predicted octanol–water partition coefficient (Wildman–Crippen LogP) is 15.4. The van der Waals surface area contributed by atoms with E-state index in [-0.39, 0.29) is 0 Å². The fraction of sp³-hybridized carbons (Fsp3) is 0.694. The van der Waals surface area contributed by atoms with Crippen molar-refractivity contribution in [1.29, 1.82) is 0 Å². The maximum atomic E-state index is 5.39. The quantitative estimate of drug-likeness (QED) is 0.0870. The Kier molecular flexibility index (Phi) is 40.1. The number of aromatic nitrogens is 1. The van der Waals surface area contributed by atoms with E-state index in [0.29, 0.717) is 12.0 Å². The molecule has 2 aliphatic rings. The number of benzene rings is 2. The van der Waals surface area contributed by atoms with Crippen molar-refractivity contribution in [2.75, 3.05) is 85.9 Å². The molecule has 0 saturated carbocycles. The van der Waals surface area contributed by atoms with E-state index in [1.165, 1.54) is 97.7 Å². The number of methoxy groups -OCH3 is 1. The van der Waals surface area contributed by atoms with Gasteiger partial charge in [-0.2, -0.15) is 0 Å². The topological polar surface area (TPSA) is 44.3 Å². The molecule has 1 aromatic heterocycles. The third-order valence-electron chi connectivity index (χ3n) is 11.1. The lowest BCUT2D eigenvalue weighted by Crippen LogP contribution is -2.33. The van der Waals surface area contributed by atoms with Gasteiger partial charge in [0.05, 0.1) is 13.2 Å². The third-order valence-corrected chi connectivity index (χ3v) is 12.5. The molecule has 7 nitrogen and oxygen atoms in total. The number of nitrogens with zero attached hydrogens (tertiary/aromatic N) is 5. The molecule has 1 fully saturated rings. The fourth-order valence-electron chi connectivity index (χ4n) is 8.26. The Morgan fingerprint density at radius 1 is 0.657 bits per heavy atom. The number of thioether (sulfide) groups is 1. The molecule has 0 amide bonds. The van der Waals surface area contributed by atoms with Crippen molar-refractivity contribution in [3.8, 4) is 5.75 Å². The van der Waals surface area contributed by atoms with Crippen LogP contribution in [-0.2, 0) is 24.2 Å². The van der Waals surface area contributed by atoms with E-state index in [9.17, 15) is 0 Å². The molecule has 0 radical (unpaired) electrons. The summed E-state index contributed by atoms with van der Waals surface area (Å²) in [6.07, 6.45) is 14.4. The summed E-state index contributed by atoms with van der Waals surface area (Å²) in [4.78, 5) is 15.1. The molecule has 0 N–H and O–H groups in total. The lowest BCUT2D eigenvalue weighted by atomic mass is 9.96. The van der Waals surface area contributed by atoms with E-state index in [0.717, 1.165) is 81.1 Å². The first-order valence-corrected chi connectivity index (χ1v) is 28.4. The van der Waals surface area contributed by atoms with Gasteiger partial charge in [-0.3, -0.25) is 9.88 Å². The zero-order chi connectivity index (χ0) is 52.9. The largest absolute Gasteiger partial charge is 0.496 e. The number of likely N-dealkylation sites (N-methyl/N-ethyl adjacent to an activating group) is 1. The lowest BCUT2D eigenvalue weighted by molar-refractivity contribution is 0.0593. The van der Waals surface area contributed by atoms with Gasteiger partial charge in [-0.1, -0.05) is 145 Å². The van der Waals surface area contributed by atoms with Crippen LogP contribution in [0, 0.1) is 42.4 Å². The number of fused-ring (bicyclic) bond motifs is 1. The first-order chi connectivity index (χ1) is 33.1. The molecule has 5 rings (SSSR count). The Hall–Kier alpha value is -2.72. The monoisotopic (exact) mass is 990 g/mol. The maximum Gasteiger partial charge on any atom is 0.122 e. The summed E-state index contributed by atoms with van der Waals surface area (Å²) in [5, 5.41) is 0. The van der Waals surface area contributed by atoms with Gasteiger partial charge in [-0.15, -0.1) is 18.3 Å². The average molecular weight is 991 g/mol. The molecule has 3 heterocycles. The van der Waals surface area contributed by atoms with Crippen LogP contribution in [-0.4, -0.2) is 117 Å². The highest BCUT2D eigenvalue weighted by atomic mass is 32.2. The van der Waals surface area contributed by atoms with Crippen molar-refractivity contribution in [2.24, 2.45) is 35.5 Å². The van der Waals surface area contributed by atoms with Gasteiger partial charge in [0.1, 0.15) is 5.75 Å². The van der Waals surface area contributed by atoms with Crippen molar-refractivity contribution < 1.29 is 9.47 Å². The second kappa shape index (κ2) is 41.7. The Balaban J connectivity index is 0.000000832. The van der Waals surface area contributed by atoms with Gasteiger partial charge in [0, 0.05) is 82.0 Å². The highest BCUT2D eigenvalue weighted by molar-refractivity contribution is 7.99. The number of pyridine rings is 1. The highest BCUT2D eigenvalue weighted by Crippen LogP contribution is 2.27. The van der Waals surface area contributed by atoms with Gasteiger partial charge in [-0.25, -0.2) is 0 Å². The Bertz CT molecular complexity index is 1630. The van der Waals surface area contributed by atoms with Crippen molar-refractivity contribution in [1.82, 2.24) is 24.6 Å². The van der Waals surface area contributed by atoms with E-state index in [2.05, 4.69) is 192 Å². The molecule has 0 bridgehead atoms. The van der Waals surface area contributed by atoms with E-state index >= 15 is 0 Å². The first-order valence-electron chi connectivity index (χ1n) is 27.4. The molecule has 8 heteroatoms. The van der Waals surface area contributed by atoms with Gasteiger partial charge in [-0.05, 0) is 143 Å². The molecule has 2 aliphatic heterocycles. The van der Waals surface area contributed by atoms with E-state index in [4.69, 9.17) is 9.47 Å². The molecule has 1 saturated heterocycles. The van der Waals surface area contributed by atoms with Crippen molar-refractivity contribution in [3.63, 3.8) is 0 Å². The fourth-order valence-corrected chi connectivity index (χ4v) is 9.10. The van der Waals surface area contributed by atoms with Crippen molar-refractivity contribution in [3.05, 3.63) is 102 Å². The molecule has 0 spiro atoms. The van der Waals surface area contributed by atoms with Crippen molar-refractivity contribution >= 4 is 11.8 Å². The van der Waals surface area contributed by atoms with Gasteiger partial charge in [0.2, 0.25) is 0 Å². The number of rotatable bonds is 19. The summed E-state index contributed by atoms with van der Waals surface area (Å²) in [6, 6.07) is 19.2. The molecule has 0 unspecified atom stereocenters. The molecular formula is C62H111N5O2S. The number of hydrogen-bond acceptors (Lipinski definition) is 8. The molecule has 70 heavy (non-hydrogen) atoms. The number of ether oxygens (including phenoxy) is 2. The zero-order valence-corrected chi connectivity index (χ0v) is 49.7. The second-order valence-electron chi connectivity index (χ2n) is 22.6. The summed E-state index contributed by atoms with van der Waals surface area (Å²) >= 11 is 1.89. The average Bonchev–Trinajstić information content (AvgIpc) is 3.26. The minimum atomic E-state index is 0.386. The molecular weight excluding hydrogens is 879 g/mol. The van der Waals surface area contributed by atoms with Gasteiger partial charge >= 0.3 is 0 Å². The van der Waals surface area contributed by atoms with Crippen LogP contribution in [0.5, 0.6) is 5.75 Å². The summed E-state index contributed by atoms with van der Waals surface area (Å²) < 4.78 is 10.7. The van der Waals surface area contributed by atoms with Crippen LogP contribution in [0.25, 0.3) is 0 Å². The van der Waals surface area contributed by atoms with Crippen LogP contribution in [0.2, 0.25) is 0 Å². The second-order valence-corrected chi connectivity index (χ2v) is 23.7. The minimum absolute atomic E-state index is 0.386. The normalized spacial score (nSPS) is 14.1. The van der Waals surface area contributed by atoms with E-state index < -0.39 is 0 Å². The molecule has 0 aliphatic carbocycles. The van der Waals surface area contributed by atoms with Crippen LogP contribution in [0.15, 0.2) is 84.5 Å². The summed E-state index contributed by atoms with van der Waals surface area (Å²) in [6.45, 7) is 49.6. The van der Waals surface area contributed by atoms with Crippen LogP contribution < -0.4 is 4.74 Å². The first kappa shape index (κ1) is 67.3. The summed E-state index contributed by atoms with van der Waals surface area (Å²) in [7, 11) is 6.04. The maximum absolute atomic E-state index is 5.39. The SMILES string of the molecule is C=CCN(C)CC(C)C.CC(C)CN(C)Cc1ccccc1.CC(C)CN1CCCCCCC1.CC(C)COC(C)C.CC(C)CSc1ccncc1.COc1cc2c(cc1C)CN(CC(C)C)CC2. The van der Waals surface area contributed by atoms with Crippen molar-refractivity contribution in [2.45, 2.75) is 166 Å². The summed E-state index contributed by atoms with van der Waals surface area (Å²) in [5.74, 6) is 6.72. The molecule has 2 aromatic carbocycles. The van der Waals surface area contributed by atoms with Crippen LogP contribution in [0.4, 0.5) is 0 Å². The number of likely N-dealkylation sites (tertiary alicyclic amines) is 1.